The van der Waals surface area contributed by atoms with E-state index in [1.807, 2.05) is 36.4 Å². The number of rotatable bonds is 9. The fraction of sp³-hybridized carbons (Fsp3) is 0.489. The van der Waals surface area contributed by atoms with E-state index in [0.29, 0.717) is 47.8 Å². The fourth-order valence-corrected chi connectivity index (χ4v) is 10.9. The van der Waals surface area contributed by atoms with Crippen molar-refractivity contribution in [3.63, 3.8) is 0 Å². The molecule has 316 valence electrons. The number of aromatic nitrogens is 3. The Morgan fingerprint density at radius 3 is 2.38 bits per heavy atom. The number of piperidine rings is 1. The van der Waals surface area contributed by atoms with Crippen LogP contribution in [0.25, 0.3) is 15.7 Å². The maximum absolute atomic E-state index is 13.6. The zero-order valence-corrected chi connectivity index (χ0v) is 35.4. The minimum atomic E-state index is -0.498. The Labute approximate surface area is 356 Å². The average Bonchev–Trinajstić information content (AvgIpc) is 3.59. The summed E-state index contributed by atoms with van der Waals surface area (Å²) in [6.45, 7) is 22.9. The van der Waals surface area contributed by atoms with E-state index < -0.39 is 16.9 Å². The number of ketones is 2. The molecule has 1 N–H and O–H groups in total. The van der Waals surface area contributed by atoms with Crippen LogP contribution in [0.2, 0.25) is 0 Å². The van der Waals surface area contributed by atoms with E-state index in [1.165, 1.54) is 0 Å². The number of benzene rings is 2. The summed E-state index contributed by atoms with van der Waals surface area (Å²) < 4.78 is 6.65. The van der Waals surface area contributed by atoms with Crippen molar-refractivity contribution in [3.8, 4) is 5.75 Å². The van der Waals surface area contributed by atoms with Crippen LogP contribution >= 0.6 is 0 Å². The second-order valence-electron chi connectivity index (χ2n) is 18.6. The zero-order chi connectivity index (χ0) is 42.6. The van der Waals surface area contributed by atoms with Gasteiger partial charge in [0.1, 0.15) is 17.6 Å². The van der Waals surface area contributed by atoms with Gasteiger partial charge in [-0.1, -0.05) is 33.8 Å². The van der Waals surface area contributed by atoms with Crippen LogP contribution < -0.4 is 19.9 Å². The second-order valence-corrected chi connectivity index (χ2v) is 18.6. The molecule has 14 nitrogen and oxygen atoms in total. The Morgan fingerprint density at radius 2 is 1.67 bits per heavy atom. The van der Waals surface area contributed by atoms with Crippen LogP contribution in [0.15, 0.2) is 60.8 Å². The lowest BCUT2D eigenvalue weighted by molar-refractivity contribution is -0.163. The molecule has 2 saturated heterocycles. The molecule has 0 spiro atoms. The van der Waals surface area contributed by atoms with Crippen LogP contribution in [0.1, 0.15) is 86.2 Å². The third-order valence-corrected chi connectivity index (χ3v) is 14.0. The predicted octanol–water partition coefficient (Wildman–Crippen LogP) is 5.87. The molecule has 2 saturated carbocycles. The molecule has 61 heavy (non-hydrogen) atoms. The van der Waals surface area contributed by atoms with Gasteiger partial charge in [-0.3, -0.25) is 29.1 Å². The number of pyridine rings is 1. The number of hydrogen-bond donors (Lipinski definition) is 1. The predicted molar refractivity (Wildman–Crippen MR) is 231 cm³/mol. The van der Waals surface area contributed by atoms with E-state index in [1.54, 1.807) is 23.2 Å². The van der Waals surface area contributed by atoms with E-state index in [0.717, 1.165) is 81.1 Å². The first-order valence-electron chi connectivity index (χ1n) is 21.6. The van der Waals surface area contributed by atoms with Gasteiger partial charge < -0.3 is 24.8 Å². The van der Waals surface area contributed by atoms with Gasteiger partial charge in [0.15, 0.2) is 17.3 Å². The lowest BCUT2D eigenvalue weighted by atomic mass is 9.49. The van der Waals surface area contributed by atoms with Crippen molar-refractivity contribution in [1.29, 1.82) is 0 Å². The van der Waals surface area contributed by atoms with Gasteiger partial charge in [-0.05, 0) is 79.3 Å². The molecule has 2 amide bonds. The molecule has 0 unspecified atom stereocenters. The quantitative estimate of drug-likeness (QED) is 0.160. The lowest BCUT2D eigenvalue weighted by Gasteiger charge is -2.63. The van der Waals surface area contributed by atoms with Gasteiger partial charge in [-0.2, -0.15) is 0 Å². The number of anilines is 2. The molecule has 4 aromatic rings. The summed E-state index contributed by atoms with van der Waals surface area (Å²) in [5.41, 5.74) is 3.33. The summed E-state index contributed by atoms with van der Waals surface area (Å²) in [6.07, 6.45) is 4.30. The summed E-state index contributed by atoms with van der Waals surface area (Å²) in [5, 5.41) is 12.9. The highest BCUT2D eigenvalue weighted by molar-refractivity contribution is 6.07. The maximum atomic E-state index is 13.6. The van der Waals surface area contributed by atoms with Crippen LogP contribution in [-0.4, -0.2) is 112 Å². The molecule has 1 atom stereocenters. The molecule has 2 aromatic heterocycles. The summed E-state index contributed by atoms with van der Waals surface area (Å²) in [5.74, 6) is 1.51. The van der Waals surface area contributed by atoms with E-state index >= 15 is 0 Å². The number of ether oxygens (including phenoxy) is 1. The lowest BCUT2D eigenvalue weighted by Crippen LogP contribution is -2.74. The summed E-state index contributed by atoms with van der Waals surface area (Å²) in [7, 11) is 0. The van der Waals surface area contributed by atoms with Gasteiger partial charge >= 0.3 is 0 Å². The van der Waals surface area contributed by atoms with Gasteiger partial charge in [0.05, 0.1) is 24.6 Å². The Balaban J connectivity index is 0.733. The van der Waals surface area contributed by atoms with Crippen LogP contribution in [0.5, 0.6) is 5.75 Å². The number of carbonyl (C=O) groups excluding carboxylic acids is 4. The maximum Gasteiger partial charge on any atom is 0.272 e. The van der Waals surface area contributed by atoms with Crippen molar-refractivity contribution < 1.29 is 23.9 Å². The Bertz CT molecular complexity index is 2410. The molecule has 0 radical (unpaired) electrons. The van der Waals surface area contributed by atoms with Gasteiger partial charge in [0, 0.05) is 98.5 Å². The van der Waals surface area contributed by atoms with E-state index in [9.17, 15) is 19.2 Å². The van der Waals surface area contributed by atoms with Crippen LogP contribution in [0.4, 0.5) is 17.2 Å². The number of fused-ring (bicyclic) bond motifs is 2. The third-order valence-electron chi connectivity index (χ3n) is 14.0. The number of nitrogens with one attached hydrogen (secondary N) is 1. The van der Waals surface area contributed by atoms with Crippen molar-refractivity contribution in [1.82, 2.24) is 30.3 Å². The SMILES string of the molecule is [C-]#[N+]c1ccc(OC2C(C)(C)C(NC(=O)c3ccc(N4CCC(CN5CCN(c6ccc7c(c6)CN([C@H]6CCC(=O)CC6=O)C7=O)CC5)CC4)nn3)C2(C)C)c2cccnc12. The molecule has 5 heterocycles. The van der Waals surface area contributed by atoms with Gasteiger partial charge in [-0.15, -0.1) is 10.2 Å². The fourth-order valence-electron chi connectivity index (χ4n) is 10.9. The highest BCUT2D eigenvalue weighted by atomic mass is 16.5. The van der Waals surface area contributed by atoms with Crippen molar-refractivity contribution in [2.45, 2.75) is 84.5 Å². The van der Waals surface area contributed by atoms with Crippen molar-refractivity contribution >= 4 is 51.5 Å². The first-order chi connectivity index (χ1) is 29.3. The second kappa shape index (κ2) is 15.8. The highest BCUT2D eigenvalue weighted by Crippen LogP contribution is 2.56. The van der Waals surface area contributed by atoms with Gasteiger partial charge in [0.25, 0.3) is 11.8 Å². The molecule has 0 bridgehead atoms. The number of nitrogens with zero attached hydrogens (tertiary/aromatic N) is 8. The smallest absolute Gasteiger partial charge is 0.272 e. The number of hydrogen-bond acceptors (Lipinski definition) is 11. The topological polar surface area (TPSA) is 146 Å². The van der Waals surface area contributed by atoms with E-state index in [4.69, 9.17) is 11.3 Å². The highest BCUT2D eigenvalue weighted by Gasteiger charge is 2.64. The molecule has 2 aliphatic carbocycles. The Hall–Kier alpha value is -5.94. The standard InChI is InChI=1S/C47H53N9O5/c1-46(2)44(47(3,4)45(46)61-39-14-11-35(48-5)41-34(39)7-6-18-49-41)50-42(59)36-12-15-40(52-51-36)55-19-16-29(17-20-55)27-53-21-23-54(24-22-53)31-8-10-33-30(25-31)28-56(43(33)60)37-13-9-32(57)26-38(37)58/h6-8,10-12,14-15,18,25,29,37,44-45H,9,13,16-17,19-24,26-28H2,1-4H3,(H,50,59)/t37-,44?,45?/m0/s1. The zero-order valence-electron chi connectivity index (χ0n) is 35.4. The summed E-state index contributed by atoms with van der Waals surface area (Å²) in [6, 6.07) is 16.4. The van der Waals surface area contributed by atoms with E-state index in [-0.39, 0.29) is 47.6 Å². The molecule has 5 aliphatic rings. The Morgan fingerprint density at radius 1 is 0.902 bits per heavy atom. The van der Waals surface area contributed by atoms with Crippen molar-refractivity contribution in [2.75, 3.05) is 55.6 Å². The van der Waals surface area contributed by atoms with Crippen LogP contribution in [-0.2, 0) is 16.1 Å². The minimum absolute atomic E-state index is 0.0336. The monoisotopic (exact) mass is 823 g/mol. The number of carbonyl (C=O) groups is 4. The van der Waals surface area contributed by atoms with E-state index in [2.05, 4.69) is 73.8 Å². The molecule has 3 aliphatic heterocycles. The Kier molecular flexibility index (Phi) is 10.5. The summed E-state index contributed by atoms with van der Waals surface area (Å²) in [4.78, 5) is 68.0. The van der Waals surface area contributed by atoms with Gasteiger partial charge in [-0.25, -0.2) is 4.85 Å². The molecule has 14 heteroatoms. The number of piperazine rings is 1. The molecular weight excluding hydrogens is 771 g/mol. The molecular formula is C47H53N9O5. The average molecular weight is 824 g/mol. The number of amides is 2. The van der Waals surface area contributed by atoms with Crippen LogP contribution in [0, 0.1) is 23.3 Å². The first kappa shape index (κ1) is 40.5. The first-order valence-corrected chi connectivity index (χ1v) is 21.6. The third kappa shape index (κ3) is 7.47. The molecule has 9 rings (SSSR count). The van der Waals surface area contributed by atoms with Crippen LogP contribution in [0.3, 0.4) is 0 Å². The van der Waals surface area contributed by atoms with Crippen molar-refractivity contribution in [2.24, 2.45) is 16.7 Å². The van der Waals surface area contributed by atoms with Crippen molar-refractivity contribution in [3.05, 3.63) is 89.0 Å². The minimum Gasteiger partial charge on any atom is -0.489 e. The number of Topliss-reactive ketones (excluding diaryl/α,β-unsaturated/α-hetero) is 2. The largest absolute Gasteiger partial charge is 0.489 e. The summed E-state index contributed by atoms with van der Waals surface area (Å²) >= 11 is 0. The molecule has 2 aromatic carbocycles. The normalized spacial score (nSPS) is 24.0. The van der Waals surface area contributed by atoms with Gasteiger partial charge in [0.2, 0.25) is 5.69 Å². The molecule has 4 fully saturated rings.